The van der Waals surface area contributed by atoms with Crippen LogP contribution in [0.25, 0.3) is 0 Å². The molecule has 0 saturated heterocycles. The van der Waals surface area contributed by atoms with Crippen LogP contribution in [0.4, 0.5) is 0 Å². The Bertz CT molecular complexity index is 1460. The fourth-order valence-electron chi connectivity index (χ4n) is 6.84. The van der Waals surface area contributed by atoms with E-state index in [2.05, 4.69) is 36.6 Å². The molecule has 0 bridgehead atoms. The highest BCUT2D eigenvalue weighted by molar-refractivity contribution is 7.92. The van der Waals surface area contributed by atoms with Crippen molar-refractivity contribution in [3.63, 3.8) is 0 Å². The first-order chi connectivity index (χ1) is 24.3. The number of amides is 2. The molecule has 0 aromatic heterocycles. The van der Waals surface area contributed by atoms with Gasteiger partial charge in [0.1, 0.15) is 0 Å². The third-order valence-electron chi connectivity index (χ3n) is 10.5. The number of rotatable bonds is 16. The van der Waals surface area contributed by atoms with Gasteiger partial charge in [-0.25, -0.2) is 8.42 Å². The average Bonchev–Trinajstić information content (AvgIpc) is 3.12. The van der Waals surface area contributed by atoms with Gasteiger partial charge >= 0.3 is 0 Å². The first-order valence-corrected chi connectivity index (χ1v) is 22.8. The summed E-state index contributed by atoms with van der Waals surface area (Å²) in [4.78, 5) is 24.9. The predicted octanol–water partition coefficient (Wildman–Crippen LogP) is 8.62. The van der Waals surface area contributed by atoms with Gasteiger partial charge in [0.15, 0.2) is 9.84 Å². The number of benzene rings is 2. The molecular formula is C42H66N2O5S2. The topological polar surface area (TPSA) is 109 Å². The van der Waals surface area contributed by atoms with Crippen LogP contribution >= 0.6 is 0 Å². The van der Waals surface area contributed by atoms with Gasteiger partial charge in [0.05, 0.1) is 11.0 Å². The zero-order chi connectivity index (χ0) is 37.4. The van der Waals surface area contributed by atoms with Crippen molar-refractivity contribution >= 4 is 32.5 Å². The van der Waals surface area contributed by atoms with Gasteiger partial charge in [-0.15, -0.1) is 0 Å². The summed E-state index contributed by atoms with van der Waals surface area (Å²) in [6.07, 6.45) is 14.5. The average molecular weight is 743 g/mol. The molecule has 2 saturated carbocycles. The molecule has 51 heavy (non-hydrogen) atoms. The lowest BCUT2D eigenvalue weighted by molar-refractivity contribution is 0.0915. The monoisotopic (exact) mass is 742 g/mol. The molecule has 1 atom stereocenters. The lowest BCUT2D eigenvalue weighted by Crippen LogP contribution is -2.38. The fraction of sp³-hybridized carbons (Fsp3) is 0.667. The van der Waals surface area contributed by atoms with E-state index in [1.165, 1.54) is 36.8 Å². The Hall–Kier alpha value is -2.52. The van der Waals surface area contributed by atoms with E-state index < -0.39 is 20.6 Å². The number of carbonyl (C=O) groups is 2. The van der Waals surface area contributed by atoms with Gasteiger partial charge in [-0.1, -0.05) is 64.8 Å². The van der Waals surface area contributed by atoms with Crippen LogP contribution in [0, 0.1) is 11.8 Å². The molecule has 2 aromatic rings. The molecule has 9 heteroatoms. The summed E-state index contributed by atoms with van der Waals surface area (Å²) in [5, 5.41) is 6.24. The zero-order valence-corrected chi connectivity index (χ0v) is 33.9. The van der Waals surface area contributed by atoms with Crippen LogP contribution in [0.15, 0.2) is 48.5 Å². The van der Waals surface area contributed by atoms with E-state index >= 15 is 0 Å². The van der Waals surface area contributed by atoms with Crippen LogP contribution in [0.2, 0.25) is 0 Å². The molecule has 0 spiro atoms. The Kier molecular flexibility index (Phi) is 18.4. The van der Waals surface area contributed by atoms with E-state index in [0.29, 0.717) is 11.5 Å². The highest BCUT2D eigenvalue weighted by Crippen LogP contribution is 2.28. The Morgan fingerprint density at radius 3 is 1.41 bits per heavy atom. The summed E-state index contributed by atoms with van der Waals surface area (Å²) >= 11 is 0. The summed E-state index contributed by atoms with van der Waals surface area (Å²) in [7, 11) is -3.69. The number of hydrogen-bond acceptors (Lipinski definition) is 5. The lowest BCUT2D eigenvalue weighted by atomic mass is 9.87. The third-order valence-corrected chi connectivity index (χ3v) is 14.8. The maximum Gasteiger partial charge on any atom is 0.251 e. The number of aryl methyl sites for hydroxylation is 2. The second-order valence-corrected chi connectivity index (χ2v) is 20.1. The number of nitrogens with one attached hydrogen (secondary N) is 2. The van der Waals surface area contributed by atoms with E-state index in [0.717, 1.165) is 75.5 Å². The van der Waals surface area contributed by atoms with Gasteiger partial charge < -0.3 is 10.6 Å². The smallest absolute Gasteiger partial charge is 0.251 e. The Labute approximate surface area is 312 Å². The molecule has 1 unspecified atom stereocenters. The van der Waals surface area contributed by atoms with Crippen LogP contribution in [0.3, 0.4) is 0 Å². The van der Waals surface area contributed by atoms with Gasteiger partial charge in [-0.3, -0.25) is 13.8 Å². The fourth-order valence-corrected chi connectivity index (χ4v) is 9.40. The minimum absolute atomic E-state index is 0.0229. The van der Waals surface area contributed by atoms with Crippen LogP contribution in [0.1, 0.15) is 150 Å². The van der Waals surface area contributed by atoms with Crippen molar-refractivity contribution in [3.8, 4) is 0 Å². The zero-order valence-electron chi connectivity index (χ0n) is 32.3. The molecule has 2 fully saturated rings. The Morgan fingerprint density at radius 1 is 0.667 bits per heavy atom. The normalized spacial score (nSPS) is 21.4. The SMILES string of the molecule is CCCCc1ccc(C(=O)NC2CCC(CS(=O)(=O)C(C)C)CC2)cc1.CCCCc1ccc(C(=O)NC2CCC(CS(=O)C(C)C)CC2)cc1. The van der Waals surface area contributed by atoms with Crippen LogP contribution < -0.4 is 10.6 Å². The maximum absolute atomic E-state index is 12.4. The molecule has 2 aliphatic carbocycles. The first-order valence-electron chi connectivity index (χ1n) is 19.7. The van der Waals surface area contributed by atoms with Gasteiger partial charge in [0, 0.05) is 45.0 Å². The van der Waals surface area contributed by atoms with Gasteiger partial charge in [-0.2, -0.15) is 0 Å². The van der Waals surface area contributed by atoms with Crippen molar-refractivity contribution in [2.45, 2.75) is 154 Å². The first kappa shape index (κ1) is 42.9. The standard InChI is InChI=1S/C21H33NO3S.C21H33NO2S/c1-4-5-6-17-7-11-19(12-8-17)21(23)22-20-13-9-18(10-14-20)15-26(24,25)16(2)3;1-4-5-6-17-7-11-19(12-8-17)21(23)22-20-13-9-18(10-14-20)15-25(24)16(2)3/h7-8,11-12,16,18,20H,4-6,9-10,13-15H2,1-3H3,(H,22,23);7-8,11-12,16,18,20H,4-6,9-10,13-15H2,1-3H3,(H,22,23). The van der Waals surface area contributed by atoms with Crippen molar-refractivity contribution in [1.82, 2.24) is 10.6 Å². The highest BCUT2D eigenvalue weighted by atomic mass is 32.2. The molecule has 7 nitrogen and oxygen atoms in total. The molecule has 2 amide bonds. The highest BCUT2D eigenvalue weighted by Gasteiger charge is 2.28. The van der Waals surface area contributed by atoms with Crippen molar-refractivity contribution in [2.24, 2.45) is 11.8 Å². The van der Waals surface area contributed by atoms with E-state index in [-0.39, 0.29) is 46.1 Å². The largest absolute Gasteiger partial charge is 0.349 e. The molecule has 2 aliphatic rings. The molecule has 4 rings (SSSR count). The number of carbonyl (C=O) groups excluding carboxylic acids is 2. The maximum atomic E-state index is 12.4. The quantitative estimate of drug-likeness (QED) is 0.179. The second kappa shape index (κ2) is 21.9. The summed E-state index contributed by atoms with van der Waals surface area (Å²) < 4.78 is 36.1. The Morgan fingerprint density at radius 2 is 1.06 bits per heavy atom. The predicted molar refractivity (Wildman–Crippen MR) is 214 cm³/mol. The number of hydrogen-bond donors (Lipinski definition) is 2. The van der Waals surface area contributed by atoms with Gasteiger partial charge in [0.25, 0.3) is 11.8 Å². The van der Waals surface area contributed by atoms with E-state index in [9.17, 15) is 22.2 Å². The molecular weight excluding hydrogens is 677 g/mol. The van der Waals surface area contributed by atoms with Crippen molar-refractivity contribution in [1.29, 1.82) is 0 Å². The summed E-state index contributed by atoms with van der Waals surface area (Å²) in [5.41, 5.74) is 4.03. The van der Waals surface area contributed by atoms with E-state index in [4.69, 9.17) is 0 Å². The molecule has 0 radical (unpaired) electrons. The molecule has 0 heterocycles. The van der Waals surface area contributed by atoms with Crippen LogP contribution in [-0.2, 0) is 33.5 Å². The number of sulfone groups is 1. The van der Waals surface area contributed by atoms with E-state index in [1.807, 2.05) is 50.2 Å². The summed E-state index contributed by atoms with van der Waals surface area (Å²) in [6.45, 7) is 11.9. The van der Waals surface area contributed by atoms with Crippen molar-refractivity contribution in [3.05, 3.63) is 70.8 Å². The van der Waals surface area contributed by atoms with Crippen LogP contribution in [0.5, 0.6) is 0 Å². The lowest BCUT2D eigenvalue weighted by Gasteiger charge is -2.29. The third kappa shape index (κ3) is 15.2. The second-order valence-electron chi connectivity index (χ2n) is 15.5. The molecule has 286 valence electrons. The summed E-state index contributed by atoms with van der Waals surface area (Å²) in [5.74, 6) is 1.89. The minimum Gasteiger partial charge on any atom is -0.349 e. The minimum atomic E-state index is -2.98. The van der Waals surface area contributed by atoms with Crippen LogP contribution in [-0.4, -0.2) is 58.5 Å². The Balaban J connectivity index is 0.000000276. The number of unbranched alkanes of at least 4 members (excludes halogenated alkanes) is 2. The van der Waals surface area contributed by atoms with Gasteiger partial charge in [-0.05, 0) is 138 Å². The van der Waals surface area contributed by atoms with Crippen molar-refractivity contribution in [2.75, 3.05) is 11.5 Å². The van der Waals surface area contributed by atoms with Gasteiger partial charge in [0.2, 0.25) is 0 Å². The van der Waals surface area contributed by atoms with Crippen molar-refractivity contribution < 1.29 is 22.2 Å². The molecule has 2 aromatic carbocycles. The summed E-state index contributed by atoms with van der Waals surface area (Å²) in [6, 6.07) is 16.3. The molecule has 2 N–H and O–H groups in total. The molecule has 0 aliphatic heterocycles. The van der Waals surface area contributed by atoms with E-state index in [1.54, 1.807) is 13.8 Å².